The molecule has 190 valence electrons. The maximum atomic E-state index is 13.2. The van der Waals surface area contributed by atoms with E-state index in [1.807, 2.05) is 0 Å². The molecule has 1 aliphatic heterocycles. The molecule has 2 heterocycles. The average Bonchev–Trinajstić information content (AvgIpc) is 2.88. The Morgan fingerprint density at radius 3 is 2.47 bits per heavy atom. The number of rotatable bonds is 6. The Labute approximate surface area is 206 Å². The van der Waals surface area contributed by atoms with Crippen LogP contribution in [0.1, 0.15) is 40.1 Å². The fraction of sp³-hybridized carbons (Fsp3) is 0.320. The molecule has 0 spiro atoms. The lowest BCUT2D eigenvalue weighted by Crippen LogP contribution is -2.30. The Balaban J connectivity index is 1.50. The zero-order chi connectivity index (χ0) is 25.9. The van der Waals surface area contributed by atoms with Gasteiger partial charge >= 0.3 is 6.18 Å². The molecular formula is C25H26F3N4O3P. The van der Waals surface area contributed by atoms with E-state index in [0.717, 1.165) is 17.7 Å². The summed E-state index contributed by atoms with van der Waals surface area (Å²) in [5.41, 5.74) is 7.72. The van der Waals surface area contributed by atoms with Gasteiger partial charge in [-0.25, -0.2) is 4.98 Å². The van der Waals surface area contributed by atoms with Crippen molar-refractivity contribution in [2.75, 3.05) is 25.5 Å². The number of carbonyl (C=O) groups is 1. The topological polar surface area (TPSA) is 107 Å². The lowest BCUT2D eigenvalue weighted by molar-refractivity contribution is -0.137. The van der Waals surface area contributed by atoms with Gasteiger partial charge in [0.05, 0.1) is 37.2 Å². The van der Waals surface area contributed by atoms with Crippen molar-refractivity contribution in [1.29, 1.82) is 0 Å². The largest absolute Gasteiger partial charge is 0.416 e. The van der Waals surface area contributed by atoms with Crippen LogP contribution < -0.4 is 16.5 Å². The Morgan fingerprint density at radius 2 is 1.83 bits per heavy atom. The van der Waals surface area contributed by atoms with E-state index in [2.05, 4.69) is 15.3 Å². The van der Waals surface area contributed by atoms with Gasteiger partial charge < -0.3 is 20.4 Å². The summed E-state index contributed by atoms with van der Waals surface area (Å²) >= 11 is 0. The van der Waals surface area contributed by atoms with E-state index in [4.69, 9.17) is 10.5 Å². The number of benzene rings is 2. The second-order valence-electron chi connectivity index (χ2n) is 8.60. The molecule has 36 heavy (non-hydrogen) atoms. The summed E-state index contributed by atoms with van der Waals surface area (Å²) in [6.45, 7) is 2.65. The van der Waals surface area contributed by atoms with Crippen LogP contribution in [0.25, 0.3) is 11.1 Å². The number of hydrogen-bond acceptors (Lipinski definition) is 6. The van der Waals surface area contributed by atoms with Gasteiger partial charge in [-0.3, -0.25) is 9.78 Å². The van der Waals surface area contributed by atoms with Crippen LogP contribution in [0.2, 0.25) is 0 Å². The van der Waals surface area contributed by atoms with Crippen LogP contribution in [0, 0.1) is 0 Å². The maximum absolute atomic E-state index is 13.2. The summed E-state index contributed by atoms with van der Waals surface area (Å²) in [5.74, 6) is -0.468. The second kappa shape index (κ2) is 10.5. The van der Waals surface area contributed by atoms with Crippen molar-refractivity contribution in [3.05, 3.63) is 77.2 Å². The smallest absolute Gasteiger partial charge is 0.380 e. The predicted molar refractivity (Wildman–Crippen MR) is 130 cm³/mol. The Hall–Kier alpha value is -3.07. The molecule has 0 aliphatic carbocycles. The lowest BCUT2D eigenvalue weighted by atomic mass is 9.95. The molecular weight excluding hydrogens is 492 g/mol. The standard InChI is InChI=1S/C25H26F3N4O3P/c1-16(31-24(33)22-14-30-15-23(32-22)36(34)10-8-35-9-11-36)17-2-4-18(5-3-17)21-12-20(25(26,27)28)7-6-19(21)13-29/h2-7,12,14-16H,8-11,13,29H2,1H3,(H,31,33)/t16-/m1/s1. The van der Waals surface area contributed by atoms with Crippen LogP contribution in [0.5, 0.6) is 0 Å². The number of ether oxygens (including phenoxy) is 1. The van der Waals surface area contributed by atoms with Crippen LogP contribution in [0.15, 0.2) is 54.9 Å². The molecule has 7 nitrogen and oxygen atoms in total. The Morgan fingerprint density at radius 1 is 1.14 bits per heavy atom. The zero-order valence-corrected chi connectivity index (χ0v) is 20.5. The number of aromatic nitrogens is 2. The number of nitrogens with zero attached hydrogens (tertiary/aromatic N) is 2. The SMILES string of the molecule is C[C@@H](NC(=O)c1cncc(P2(=O)CCOCC2)n1)c1ccc(-c2cc(C(F)(F)F)ccc2CN)cc1. The number of alkyl halides is 3. The van der Waals surface area contributed by atoms with E-state index >= 15 is 0 Å². The molecule has 1 atom stereocenters. The van der Waals surface area contributed by atoms with Gasteiger partial charge in [0.25, 0.3) is 5.91 Å². The number of halogens is 3. The van der Waals surface area contributed by atoms with E-state index in [1.165, 1.54) is 18.5 Å². The van der Waals surface area contributed by atoms with E-state index < -0.39 is 30.8 Å². The molecule has 11 heteroatoms. The highest BCUT2D eigenvalue weighted by atomic mass is 31.2. The Kier molecular flexibility index (Phi) is 7.59. The zero-order valence-electron chi connectivity index (χ0n) is 19.6. The molecule has 1 fully saturated rings. The van der Waals surface area contributed by atoms with E-state index in [9.17, 15) is 22.5 Å². The molecule has 2 aromatic carbocycles. The third-order valence-corrected chi connectivity index (χ3v) is 9.05. The van der Waals surface area contributed by atoms with Gasteiger partial charge in [-0.2, -0.15) is 13.2 Å². The van der Waals surface area contributed by atoms with Crippen molar-refractivity contribution < 1.29 is 27.3 Å². The van der Waals surface area contributed by atoms with Crippen molar-refractivity contribution in [2.24, 2.45) is 5.73 Å². The fourth-order valence-electron chi connectivity index (χ4n) is 4.03. The van der Waals surface area contributed by atoms with Crippen LogP contribution in [-0.2, 0) is 22.0 Å². The molecule has 3 aromatic rings. The number of amides is 1. The molecule has 1 aliphatic rings. The van der Waals surface area contributed by atoms with Gasteiger partial charge in [0.1, 0.15) is 18.3 Å². The van der Waals surface area contributed by atoms with Gasteiger partial charge in [-0.15, -0.1) is 0 Å². The fourth-order valence-corrected chi connectivity index (χ4v) is 6.13. The van der Waals surface area contributed by atoms with Crippen LogP contribution >= 0.6 is 7.14 Å². The maximum Gasteiger partial charge on any atom is 0.416 e. The monoisotopic (exact) mass is 518 g/mol. The summed E-state index contributed by atoms with van der Waals surface area (Å²) in [5, 5.41) is 2.84. The number of carbonyl (C=O) groups excluding carboxylic acids is 1. The van der Waals surface area contributed by atoms with Crippen LogP contribution in [0.3, 0.4) is 0 Å². The summed E-state index contributed by atoms with van der Waals surface area (Å²) in [6.07, 6.45) is -0.961. The second-order valence-corrected chi connectivity index (χ2v) is 11.7. The highest BCUT2D eigenvalue weighted by Crippen LogP contribution is 2.44. The molecule has 0 radical (unpaired) electrons. The first kappa shape index (κ1) is 26.0. The number of nitrogens with two attached hydrogens (primary N) is 1. The summed E-state index contributed by atoms with van der Waals surface area (Å²) in [6, 6.07) is 9.96. The third-order valence-electron chi connectivity index (χ3n) is 6.19. The summed E-state index contributed by atoms with van der Waals surface area (Å²) in [4.78, 5) is 21.2. The van der Waals surface area contributed by atoms with E-state index in [0.29, 0.717) is 47.7 Å². The lowest BCUT2D eigenvalue weighted by Gasteiger charge is -2.22. The molecule has 0 bridgehead atoms. The van der Waals surface area contributed by atoms with E-state index in [1.54, 1.807) is 31.2 Å². The van der Waals surface area contributed by atoms with Crippen molar-refractivity contribution in [3.8, 4) is 11.1 Å². The molecule has 1 amide bonds. The minimum atomic E-state index is -4.46. The van der Waals surface area contributed by atoms with Crippen molar-refractivity contribution in [1.82, 2.24) is 15.3 Å². The van der Waals surface area contributed by atoms with Gasteiger partial charge in [0, 0.05) is 18.9 Å². The highest BCUT2D eigenvalue weighted by Gasteiger charge is 2.31. The predicted octanol–water partition coefficient (Wildman–Crippen LogP) is 4.13. The van der Waals surface area contributed by atoms with Crippen molar-refractivity contribution >= 4 is 18.5 Å². The quantitative estimate of drug-likeness (QED) is 0.476. The van der Waals surface area contributed by atoms with Crippen LogP contribution in [0.4, 0.5) is 13.2 Å². The minimum Gasteiger partial charge on any atom is -0.380 e. The van der Waals surface area contributed by atoms with Gasteiger partial charge in [0.15, 0.2) is 0 Å². The molecule has 1 aromatic heterocycles. The number of hydrogen-bond donors (Lipinski definition) is 2. The highest BCUT2D eigenvalue weighted by molar-refractivity contribution is 7.71. The molecule has 1 saturated heterocycles. The minimum absolute atomic E-state index is 0.0641. The molecule has 3 N–H and O–H groups in total. The van der Waals surface area contributed by atoms with E-state index in [-0.39, 0.29) is 12.2 Å². The Bertz CT molecular complexity index is 1290. The van der Waals surface area contributed by atoms with Gasteiger partial charge in [-0.05, 0) is 41.3 Å². The summed E-state index contributed by atoms with van der Waals surface area (Å²) < 4.78 is 58.0. The normalized spacial score (nSPS) is 16.4. The first-order valence-electron chi connectivity index (χ1n) is 11.4. The average molecular weight is 518 g/mol. The molecule has 4 rings (SSSR count). The van der Waals surface area contributed by atoms with Crippen molar-refractivity contribution in [2.45, 2.75) is 25.7 Å². The summed E-state index contributed by atoms with van der Waals surface area (Å²) in [7, 11) is -2.74. The van der Waals surface area contributed by atoms with Crippen molar-refractivity contribution in [3.63, 3.8) is 0 Å². The first-order valence-corrected chi connectivity index (χ1v) is 13.5. The van der Waals surface area contributed by atoms with Crippen LogP contribution in [-0.4, -0.2) is 41.4 Å². The number of nitrogens with one attached hydrogen (secondary N) is 1. The third kappa shape index (κ3) is 5.67. The molecule has 0 unspecified atom stereocenters. The van der Waals surface area contributed by atoms with Gasteiger partial charge in [-0.1, -0.05) is 30.3 Å². The first-order chi connectivity index (χ1) is 17.1. The van der Waals surface area contributed by atoms with Gasteiger partial charge in [0.2, 0.25) is 0 Å². The molecule has 0 saturated carbocycles.